The van der Waals surface area contributed by atoms with Crippen LogP contribution in [0.2, 0.25) is 0 Å². The van der Waals surface area contributed by atoms with Gasteiger partial charge in [0.05, 0.1) is 5.56 Å². The number of ether oxygens (including phenoxy) is 1. The van der Waals surface area contributed by atoms with E-state index in [-0.39, 0.29) is 17.3 Å². The molecule has 0 atom stereocenters. The number of fused-ring (bicyclic) bond motifs is 1. The highest BCUT2D eigenvalue weighted by Crippen LogP contribution is 2.31. The van der Waals surface area contributed by atoms with E-state index in [0.717, 1.165) is 5.39 Å². The fraction of sp³-hybridized carbons (Fsp3) is 0.0588. The van der Waals surface area contributed by atoms with Crippen molar-refractivity contribution in [2.75, 3.05) is 0 Å². The summed E-state index contributed by atoms with van der Waals surface area (Å²) in [5, 5.41) is 1.59. The second kappa shape index (κ2) is 5.77. The second-order valence-corrected chi connectivity index (χ2v) is 5.49. The first-order chi connectivity index (χ1) is 10.6. The third kappa shape index (κ3) is 2.67. The summed E-state index contributed by atoms with van der Waals surface area (Å²) >= 11 is 3.13. The first-order valence-electron chi connectivity index (χ1n) is 6.56. The van der Waals surface area contributed by atoms with Crippen molar-refractivity contribution in [1.82, 2.24) is 0 Å². The molecule has 22 heavy (non-hydrogen) atoms. The molecule has 0 unspecified atom stereocenters. The molecular formula is C17H11BrO4. The van der Waals surface area contributed by atoms with Crippen LogP contribution in [0.4, 0.5) is 0 Å². The zero-order valence-electron chi connectivity index (χ0n) is 11.6. The molecule has 0 saturated carbocycles. The maximum absolute atomic E-state index is 12.2. The van der Waals surface area contributed by atoms with Gasteiger partial charge in [0, 0.05) is 5.39 Å². The van der Waals surface area contributed by atoms with Gasteiger partial charge < -0.3 is 9.15 Å². The van der Waals surface area contributed by atoms with E-state index in [0.29, 0.717) is 15.6 Å². The van der Waals surface area contributed by atoms with E-state index in [2.05, 4.69) is 15.9 Å². The van der Waals surface area contributed by atoms with Gasteiger partial charge in [-0.1, -0.05) is 30.3 Å². The van der Waals surface area contributed by atoms with Crippen molar-refractivity contribution in [3.63, 3.8) is 0 Å². The molecule has 0 saturated heterocycles. The average molecular weight is 359 g/mol. The highest BCUT2D eigenvalue weighted by atomic mass is 79.9. The summed E-state index contributed by atoms with van der Waals surface area (Å²) in [4.78, 5) is 24.0. The SMILES string of the molecule is CC(=O)c1ccc2ccccc2c1OC(=O)c1ccc(Br)o1. The molecule has 0 radical (unpaired) electrons. The van der Waals surface area contributed by atoms with E-state index in [1.807, 2.05) is 30.3 Å². The van der Waals surface area contributed by atoms with Crippen LogP contribution >= 0.6 is 15.9 Å². The Kier molecular flexibility index (Phi) is 3.81. The maximum atomic E-state index is 12.2. The lowest BCUT2D eigenvalue weighted by atomic mass is 10.0. The van der Waals surface area contributed by atoms with Crippen LogP contribution in [0.3, 0.4) is 0 Å². The quantitative estimate of drug-likeness (QED) is 0.389. The van der Waals surface area contributed by atoms with E-state index in [1.165, 1.54) is 13.0 Å². The Morgan fingerprint density at radius 1 is 1.05 bits per heavy atom. The lowest BCUT2D eigenvalue weighted by molar-refractivity contribution is 0.0700. The minimum absolute atomic E-state index is 0.0642. The number of esters is 1. The highest BCUT2D eigenvalue weighted by molar-refractivity contribution is 9.10. The highest BCUT2D eigenvalue weighted by Gasteiger charge is 2.19. The molecule has 0 aliphatic rings. The van der Waals surface area contributed by atoms with Crippen molar-refractivity contribution < 1.29 is 18.7 Å². The van der Waals surface area contributed by atoms with E-state index in [1.54, 1.807) is 12.1 Å². The van der Waals surface area contributed by atoms with E-state index < -0.39 is 5.97 Å². The fourth-order valence-electron chi connectivity index (χ4n) is 2.20. The smallest absolute Gasteiger partial charge is 0.379 e. The molecule has 0 fully saturated rings. The van der Waals surface area contributed by atoms with Crippen LogP contribution in [0, 0.1) is 0 Å². The normalized spacial score (nSPS) is 10.6. The van der Waals surface area contributed by atoms with Gasteiger partial charge in [0.1, 0.15) is 5.75 Å². The van der Waals surface area contributed by atoms with Gasteiger partial charge in [0.2, 0.25) is 5.76 Å². The molecule has 4 nitrogen and oxygen atoms in total. The predicted molar refractivity (Wildman–Crippen MR) is 85.3 cm³/mol. The molecular weight excluding hydrogens is 348 g/mol. The summed E-state index contributed by atoms with van der Waals surface area (Å²) in [7, 11) is 0. The minimum atomic E-state index is -0.649. The van der Waals surface area contributed by atoms with Crippen LogP contribution in [0.25, 0.3) is 10.8 Å². The molecule has 0 aliphatic heterocycles. The maximum Gasteiger partial charge on any atom is 0.379 e. The van der Waals surface area contributed by atoms with Crippen LogP contribution in [0.1, 0.15) is 27.8 Å². The first-order valence-corrected chi connectivity index (χ1v) is 7.36. The van der Waals surface area contributed by atoms with Crippen molar-refractivity contribution in [2.45, 2.75) is 6.92 Å². The second-order valence-electron chi connectivity index (χ2n) is 4.71. The number of benzene rings is 2. The van der Waals surface area contributed by atoms with Gasteiger partial charge in [-0.2, -0.15) is 0 Å². The van der Waals surface area contributed by atoms with Crippen molar-refractivity contribution in [1.29, 1.82) is 0 Å². The lowest BCUT2D eigenvalue weighted by Crippen LogP contribution is -2.10. The number of furan rings is 1. The van der Waals surface area contributed by atoms with Crippen LogP contribution in [0.15, 0.2) is 57.6 Å². The lowest BCUT2D eigenvalue weighted by Gasteiger charge is -2.10. The monoisotopic (exact) mass is 358 g/mol. The van der Waals surface area contributed by atoms with Gasteiger partial charge in [0.25, 0.3) is 0 Å². The van der Waals surface area contributed by atoms with Crippen LogP contribution in [0.5, 0.6) is 5.75 Å². The first kappa shape index (κ1) is 14.5. The van der Waals surface area contributed by atoms with Gasteiger partial charge in [0.15, 0.2) is 10.5 Å². The fourth-order valence-corrected chi connectivity index (χ4v) is 2.50. The van der Waals surface area contributed by atoms with Crippen molar-refractivity contribution in [2.24, 2.45) is 0 Å². The molecule has 0 bridgehead atoms. The Labute approximate surface area is 134 Å². The molecule has 2 aromatic carbocycles. The Morgan fingerprint density at radius 2 is 1.82 bits per heavy atom. The standard InChI is InChI=1S/C17H11BrO4/c1-10(19)12-7-6-11-4-2-3-5-13(11)16(12)22-17(20)14-8-9-15(18)21-14/h2-9H,1H3. The van der Waals surface area contributed by atoms with Gasteiger partial charge in [-0.05, 0) is 46.4 Å². The number of rotatable bonds is 3. The van der Waals surface area contributed by atoms with Crippen LogP contribution in [-0.2, 0) is 0 Å². The van der Waals surface area contributed by atoms with Gasteiger partial charge in [-0.15, -0.1) is 0 Å². The number of ketones is 1. The number of Topliss-reactive ketones (excluding diaryl/α,β-unsaturated/α-hetero) is 1. The molecule has 5 heteroatoms. The minimum Gasteiger partial charge on any atom is -0.442 e. The average Bonchev–Trinajstić information content (AvgIpc) is 2.94. The zero-order chi connectivity index (χ0) is 15.7. The Morgan fingerprint density at radius 3 is 2.50 bits per heavy atom. The van der Waals surface area contributed by atoms with Gasteiger partial charge in [-0.3, -0.25) is 4.79 Å². The molecule has 3 rings (SSSR count). The molecule has 0 N–H and O–H groups in total. The van der Waals surface area contributed by atoms with Crippen molar-refractivity contribution in [3.8, 4) is 5.75 Å². The molecule has 0 aliphatic carbocycles. The summed E-state index contributed by atoms with van der Waals surface area (Å²) in [6, 6.07) is 14.0. The largest absolute Gasteiger partial charge is 0.442 e. The van der Waals surface area contributed by atoms with Crippen LogP contribution in [-0.4, -0.2) is 11.8 Å². The molecule has 1 heterocycles. The Hall–Kier alpha value is -2.40. The zero-order valence-corrected chi connectivity index (χ0v) is 13.2. The predicted octanol–water partition coefficient (Wildman–Crippen LogP) is 4.62. The van der Waals surface area contributed by atoms with E-state index in [4.69, 9.17) is 9.15 Å². The summed E-state index contributed by atoms with van der Waals surface area (Å²) < 4.78 is 11.1. The summed E-state index contributed by atoms with van der Waals surface area (Å²) in [5.41, 5.74) is 0.359. The van der Waals surface area contributed by atoms with Crippen molar-refractivity contribution in [3.05, 3.63) is 64.5 Å². The number of hydrogen-bond donors (Lipinski definition) is 0. The van der Waals surface area contributed by atoms with Crippen LogP contribution < -0.4 is 4.74 Å². The third-order valence-corrected chi connectivity index (χ3v) is 3.65. The molecule has 3 aromatic rings. The Balaban J connectivity index is 2.10. The topological polar surface area (TPSA) is 56.5 Å². The number of halogens is 1. The summed E-state index contributed by atoms with van der Waals surface area (Å²) in [6.07, 6.45) is 0. The van der Waals surface area contributed by atoms with Gasteiger partial charge in [-0.25, -0.2) is 4.79 Å². The van der Waals surface area contributed by atoms with Gasteiger partial charge >= 0.3 is 5.97 Å². The molecule has 0 spiro atoms. The van der Waals surface area contributed by atoms with E-state index in [9.17, 15) is 9.59 Å². The molecule has 1 aromatic heterocycles. The Bertz CT molecular complexity index is 879. The van der Waals surface area contributed by atoms with E-state index >= 15 is 0 Å². The van der Waals surface area contributed by atoms with Crippen molar-refractivity contribution >= 4 is 38.5 Å². The summed E-state index contributed by atoms with van der Waals surface area (Å²) in [6.45, 7) is 1.44. The summed E-state index contributed by atoms with van der Waals surface area (Å²) in [5.74, 6) is -0.504. The number of hydrogen-bond acceptors (Lipinski definition) is 4. The molecule has 110 valence electrons. The molecule has 0 amide bonds. The number of carbonyl (C=O) groups excluding carboxylic acids is 2. The number of carbonyl (C=O) groups is 2. The third-order valence-electron chi connectivity index (χ3n) is 3.23.